The van der Waals surface area contributed by atoms with E-state index in [1.165, 1.54) is 49.0 Å². The number of nitrogen functional groups attached to an aromatic ring is 1. The fourth-order valence-corrected chi connectivity index (χ4v) is 6.66. The van der Waals surface area contributed by atoms with E-state index in [4.69, 9.17) is 5.73 Å². The predicted octanol–water partition coefficient (Wildman–Crippen LogP) is 4.42. The first-order valence-electron chi connectivity index (χ1n) is 12.0. The monoisotopic (exact) mass is 423 g/mol. The van der Waals surface area contributed by atoms with Gasteiger partial charge in [0, 0.05) is 0 Å². The maximum atomic E-state index is 6.16. The summed E-state index contributed by atoms with van der Waals surface area (Å²) in [5.41, 5.74) is 11.1. The second-order valence-electron chi connectivity index (χ2n) is 10.9. The number of rotatable bonds is 5. The lowest BCUT2D eigenvalue weighted by molar-refractivity contribution is -0.724. The van der Waals surface area contributed by atoms with Crippen molar-refractivity contribution in [3.8, 4) is 0 Å². The van der Waals surface area contributed by atoms with Crippen LogP contribution >= 0.6 is 0 Å². The molecule has 5 unspecified atom stereocenters. The Balaban J connectivity index is 1.46. The molecule has 0 radical (unpaired) electrons. The minimum absolute atomic E-state index is 0.400. The van der Waals surface area contributed by atoms with Crippen molar-refractivity contribution in [2.45, 2.75) is 73.1 Å². The SMILES string of the molecule is CC(=CC[NH+]1C=[N+](C)c2ncnc(N)c21)CCC1(C)C(C)CCC2(C)C(C)=CCCC21. The molecule has 5 heteroatoms. The number of fused-ring (bicyclic) bond motifs is 2. The zero-order valence-electron chi connectivity index (χ0n) is 20.3. The molecule has 1 fully saturated rings. The molecule has 0 amide bonds. The van der Waals surface area contributed by atoms with Crippen molar-refractivity contribution in [1.82, 2.24) is 9.97 Å². The largest absolute Gasteiger partial charge is 0.394 e. The molecule has 0 bridgehead atoms. The van der Waals surface area contributed by atoms with E-state index >= 15 is 0 Å². The van der Waals surface area contributed by atoms with Crippen LogP contribution < -0.4 is 10.6 Å². The molecule has 3 aliphatic rings. The number of hydrogen-bond acceptors (Lipinski definition) is 3. The Labute approximate surface area is 188 Å². The normalized spacial score (nSPS) is 35.3. The van der Waals surface area contributed by atoms with Gasteiger partial charge in [0.1, 0.15) is 6.54 Å². The molecule has 5 atom stereocenters. The molecule has 1 aromatic heterocycles. The van der Waals surface area contributed by atoms with Crippen LogP contribution in [0.2, 0.25) is 0 Å². The number of nitrogens with zero attached hydrogens (tertiary/aromatic N) is 3. The van der Waals surface area contributed by atoms with Gasteiger partial charge in [-0.15, -0.1) is 0 Å². The summed E-state index contributed by atoms with van der Waals surface area (Å²) in [6, 6.07) is 0. The summed E-state index contributed by atoms with van der Waals surface area (Å²) < 4.78 is 2.05. The minimum atomic E-state index is 0.400. The standard InChI is InChI=1S/C26H40N5/c1-18(12-15-31-17-30(6)24-22(31)23(27)28-16-29-24)10-13-25(4)20(3)11-14-26(5)19(2)8-7-9-21(25)26/h8,12,16-17,20-21H,7,9-11,13-15H2,1-6H3,(H2,27,28,29)/q+1/p+1. The number of quaternary nitrogens is 1. The fourth-order valence-electron chi connectivity index (χ4n) is 6.66. The van der Waals surface area contributed by atoms with E-state index in [9.17, 15) is 0 Å². The molecule has 2 heterocycles. The van der Waals surface area contributed by atoms with Crippen molar-refractivity contribution in [1.29, 1.82) is 0 Å². The number of aromatic nitrogens is 2. The van der Waals surface area contributed by atoms with Crippen LogP contribution in [-0.2, 0) is 0 Å². The Kier molecular flexibility index (Phi) is 5.84. The highest BCUT2D eigenvalue weighted by Crippen LogP contribution is 2.61. The highest BCUT2D eigenvalue weighted by molar-refractivity contribution is 5.69. The third kappa shape index (κ3) is 3.75. The first-order chi connectivity index (χ1) is 14.7. The maximum absolute atomic E-state index is 6.16. The molecule has 5 nitrogen and oxygen atoms in total. The van der Waals surface area contributed by atoms with Crippen LogP contribution in [0, 0.1) is 22.7 Å². The highest BCUT2D eigenvalue weighted by atomic mass is 15.3. The van der Waals surface area contributed by atoms with Gasteiger partial charge in [0.05, 0.1) is 7.05 Å². The summed E-state index contributed by atoms with van der Waals surface area (Å²) in [7, 11) is 2.03. The first kappa shape index (κ1) is 22.2. The number of anilines is 1. The molecule has 0 spiro atoms. The molecular weight excluding hydrogens is 382 g/mol. The Morgan fingerprint density at radius 3 is 2.87 bits per heavy atom. The van der Waals surface area contributed by atoms with E-state index in [2.05, 4.69) is 67.7 Å². The number of nitrogens with one attached hydrogen (secondary N) is 1. The summed E-state index contributed by atoms with van der Waals surface area (Å²) >= 11 is 0. The van der Waals surface area contributed by atoms with Gasteiger partial charge in [0.15, 0.2) is 5.82 Å². The highest BCUT2D eigenvalue weighted by Gasteiger charge is 2.52. The molecule has 2 aliphatic carbocycles. The lowest BCUT2D eigenvalue weighted by Gasteiger charge is -2.58. The predicted molar refractivity (Wildman–Crippen MR) is 128 cm³/mol. The second-order valence-corrected chi connectivity index (χ2v) is 10.9. The van der Waals surface area contributed by atoms with Gasteiger partial charge in [0.2, 0.25) is 6.33 Å². The molecule has 0 aromatic carbocycles. The van der Waals surface area contributed by atoms with Crippen LogP contribution in [0.3, 0.4) is 0 Å². The van der Waals surface area contributed by atoms with Crippen LogP contribution in [-0.4, -0.2) is 34.5 Å². The Hall–Kier alpha value is -2.01. The molecule has 1 aromatic rings. The molecule has 1 saturated carbocycles. The smallest absolute Gasteiger partial charge is 0.378 e. The van der Waals surface area contributed by atoms with Gasteiger partial charge in [-0.05, 0) is 86.1 Å². The summed E-state index contributed by atoms with van der Waals surface area (Å²) in [4.78, 5) is 9.82. The third-order valence-electron chi connectivity index (χ3n) is 9.18. The Morgan fingerprint density at radius 2 is 2.10 bits per heavy atom. The van der Waals surface area contributed by atoms with Gasteiger partial charge in [-0.2, -0.15) is 9.56 Å². The average molecular weight is 424 g/mol. The topological polar surface area (TPSA) is 59.2 Å². The van der Waals surface area contributed by atoms with Crippen LogP contribution in [0.4, 0.5) is 17.3 Å². The van der Waals surface area contributed by atoms with E-state index < -0.39 is 0 Å². The van der Waals surface area contributed by atoms with Crippen molar-refractivity contribution in [2.75, 3.05) is 19.3 Å². The van der Waals surface area contributed by atoms with Gasteiger partial charge >= 0.3 is 5.82 Å². The number of allylic oxidation sites excluding steroid dienone is 3. The number of nitrogens with two attached hydrogens (primary N) is 1. The van der Waals surface area contributed by atoms with Crippen molar-refractivity contribution >= 4 is 23.7 Å². The maximum Gasteiger partial charge on any atom is 0.394 e. The van der Waals surface area contributed by atoms with Crippen LogP contribution in [0.5, 0.6) is 0 Å². The summed E-state index contributed by atoms with van der Waals surface area (Å²) in [6.45, 7) is 13.2. The Morgan fingerprint density at radius 1 is 1.32 bits per heavy atom. The Bertz CT molecular complexity index is 945. The van der Waals surface area contributed by atoms with Gasteiger partial charge in [-0.1, -0.05) is 38.0 Å². The molecule has 4 rings (SSSR count). The first-order valence-corrected chi connectivity index (χ1v) is 12.0. The molecular formula is C26H41N5+2. The van der Waals surface area contributed by atoms with Crippen LogP contribution in [0.25, 0.3) is 0 Å². The zero-order chi connectivity index (χ0) is 22.4. The lowest BCUT2D eigenvalue weighted by atomic mass is 9.47. The van der Waals surface area contributed by atoms with E-state index in [1.807, 2.05) is 7.05 Å². The summed E-state index contributed by atoms with van der Waals surface area (Å²) in [6.07, 6.45) is 16.4. The van der Waals surface area contributed by atoms with E-state index in [-0.39, 0.29) is 0 Å². The fraction of sp³-hybridized carbons (Fsp3) is 0.654. The van der Waals surface area contributed by atoms with Crippen molar-refractivity contribution in [3.05, 3.63) is 29.6 Å². The molecule has 3 N–H and O–H groups in total. The summed E-state index contributed by atoms with van der Waals surface area (Å²) in [5, 5.41) is 0. The van der Waals surface area contributed by atoms with Gasteiger partial charge in [0.25, 0.3) is 12.0 Å². The van der Waals surface area contributed by atoms with Crippen LogP contribution in [0.15, 0.2) is 29.6 Å². The van der Waals surface area contributed by atoms with E-state index in [0.717, 1.165) is 29.9 Å². The third-order valence-corrected chi connectivity index (χ3v) is 9.18. The second kappa shape index (κ2) is 8.16. The number of hydrogen-bond donors (Lipinski definition) is 2. The molecule has 168 valence electrons. The van der Waals surface area contributed by atoms with E-state index in [0.29, 0.717) is 16.6 Å². The van der Waals surface area contributed by atoms with Gasteiger partial charge in [-0.25, -0.2) is 4.90 Å². The quantitative estimate of drug-likeness (QED) is 0.544. The van der Waals surface area contributed by atoms with E-state index in [1.54, 1.807) is 11.9 Å². The summed E-state index contributed by atoms with van der Waals surface area (Å²) in [5.74, 6) is 3.09. The minimum Gasteiger partial charge on any atom is -0.378 e. The molecule has 31 heavy (non-hydrogen) atoms. The van der Waals surface area contributed by atoms with Crippen LogP contribution in [0.1, 0.15) is 73.1 Å². The van der Waals surface area contributed by atoms with Crippen molar-refractivity contribution in [3.63, 3.8) is 0 Å². The van der Waals surface area contributed by atoms with Crippen molar-refractivity contribution < 1.29 is 9.48 Å². The van der Waals surface area contributed by atoms with Gasteiger partial charge in [-0.3, -0.25) is 0 Å². The zero-order valence-corrected chi connectivity index (χ0v) is 20.3. The van der Waals surface area contributed by atoms with Crippen molar-refractivity contribution in [2.24, 2.45) is 22.7 Å². The molecule has 1 aliphatic heterocycles. The lowest BCUT2D eigenvalue weighted by Crippen LogP contribution is -3.05. The average Bonchev–Trinajstić information content (AvgIpc) is 3.07. The molecule has 0 saturated heterocycles. The van der Waals surface area contributed by atoms with Gasteiger partial charge < -0.3 is 5.73 Å².